The van der Waals surface area contributed by atoms with Gasteiger partial charge in [-0.25, -0.2) is 4.99 Å². The fraction of sp³-hybridized carbons (Fsp3) is 0.350. The Morgan fingerprint density at radius 2 is 1.78 bits per heavy atom. The molecule has 0 spiro atoms. The molecule has 0 radical (unpaired) electrons. The van der Waals surface area contributed by atoms with Crippen molar-refractivity contribution in [3.63, 3.8) is 0 Å². The Balaban J connectivity index is 1.75. The normalized spacial score (nSPS) is 26.8. The summed E-state index contributed by atoms with van der Waals surface area (Å²) in [6.45, 7) is 0. The van der Waals surface area contributed by atoms with Gasteiger partial charge in [0, 0.05) is 16.5 Å². The number of halogens is 1. The summed E-state index contributed by atoms with van der Waals surface area (Å²) in [6.07, 6.45) is 5.09. The lowest BCUT2D eigenvalue weighted by molar-refractivity contribution is 0.0501. The molecular formula is C20H20ClNO. The average molecular weight is 326 g/mol. The molecule has 2 aliphatic rings. The van der Waals surface area contributed by atoms with E-state index in [0.29, 0.717) is 5.92 Å². The molecule has 2 aromatic rings. The summed E-state index contributed by atoms with van der Waals surface area (Å²) in [7, 11) is 0. The van der Waals surface area contributed by atoms with Gasteiger partial charge in [-0.15, -0.1) is 0 Å². The van der Waals surface area contributed by atoms with Crippen molar-refractivity contribution in [2.24, 2.45) is 10.9 Å². The number of hydrogen-bond acceptors (Lipinski definition) is 2. The van der Waals surface area contributed by atoms with Crippen molar-refractivity contribution >= 4 is 17.5 Å². The van der Waals surface area contributed by atoms with Gasteiger partial charge in [0.25, 0.3) is 0 Å². The minimum atomic E-state index is 0.184. The Morgan fingerprint density at radius 3 is 2.61 bits per heavy atom. The monoisotopic (exact) mass is 325 g/mol. The second-order valence-corrected chi connectivity index (χ2v) is 6.84. The molecule has 23 heavy (non-hydrogen) atoms. The fourth-order valence-electron chi connectivity index (χ4n) is 3.76. The van der Waals surface area contributed by atoms with E-state index in [-0.39, 0.29) is 12.1 Å². The largest absolute Gasteiger partial charge is 0.474 e. The molecular weight excluding hydrogens is 306 g/mol. The SMILES string of the molecule is Clc1cccc(C2=N[C@H](c3ccccc3)[C@H]3CCCC[C@H]3O2)c1. The zero-order valence-corrected chi connectivity index (χ0v) is 13.7. The van der Waals surface area contributed by atoms with Crippen LogP contribution in [-0.4, -0.2) is 12.0 Å². The van der Waals surface area contributed by atoms with Gasteiger partial charge in [-0.3, -0.25) is 0 Å². The molecule has 0 aromatic heterocycles. The Hall–Kier alpha value is -1.80. The van der Waals surface area contributed by atoms with E-state index in [1.54, 1.807) is 0 Å². The van der Waals surface area contributed by atoms with Crippen LogP contribution < -0.4 is 0 Å². The van der Waals surface area contributed by atoms with Crippen molar-refractivity contribution in [2.75, 3.05) is 0 Å². The molecule has 0 unspecified atom stereocenters. The predicted octanol–water partition coefficient (Wildman–Crippen LogP) is 5.42. The molecule has 0 amide bonds. The fourth-order valence-corrected chi connectivity index (χ4v) is 3.96. The van der Waals surface area contributed by atoms with Gasteiger partial charge < -0.3 is 4.74 Å². The van der Waals surface area contributed by atoms with Crippen molar-refractivity contribution in [1.29, 1.82) is 0 Å². The summed E-state index contributed by atoms with van der Waals surface area (Å²) < 4.78 is 6.27. The summed E-state index contributed by atoms with van der Waals surface area (Å²) in [6, 6.07) is 18.6. The maximum Gasteiger partial charge on any atom is 0.217 e. The van der Waals surface area contributed by atoms with E-state index in [2.05, 4.69) is 30.3 Å². The van der Waals surface area contributed by atoms with Gasteiger partial charge >= 0.3 is 0 Å². The van der Waals surface area contributed by atoms with Crippen molar-refractivity contribution in [2.45, 2.75) is 37.8 Å². The lowest BCUT2D eigenvalue weighted by Crippen LogP contribution is -2.38. The molecule has 1 aliphatic carbocycles. The van der Waals surface area contributed by atoms with E-state index in [9.17, 15) is 0 Å². The van der Waals surface area contributed by atoms with Crippen molar-refractivity contribution < 1.29 is 4.74 Å². The van der Waals surface area contributed by atoms with Crippen LogP contribution in [0, 0.1) is 5.92 Å². The number of aliphatic imine (C=N–C) groups is 1. The van der Waals surface area contributed by atoms with Crippen LogP contribution in [0.5, 0.6) is 0 Å². The first-order chi connectivity index (χ1) is 11.3. The summed E-state index contributed by atoms with van der Waals surface area (Å²) in [5, 5.41) is 0.718. The van der Waals surface area contributed by atoms with Crippen LogP contribution in [0.15, 0.2) is 59.6 Å². The molecule has 1 saturated carbocycles. The van der Waals surface area contributed by atoms with Crippen molar-refractivity contribution in [1.82, 2.24) is 0 Å². The van der Waals surface area contributed by atoms with Gasteiger partial charge in [0.15, 0.2) is 0 Å². The highest BCUT2D eigenvalue weighted by Gasteiger charge is 2.38. The second-order valence-electron chi connectivity index (χ2n) is 6.40. The summed E-state index contributed by atoms with van der Waals surface area (Å²) in [5.41, 5.74) is 2.26. The first kappa shape index (κ1) is 14.8. The lowest BCUT2D eigenvalue weighted by Gasteiger charge is -2.39. The molecule has 3 heteroatoms. The minimum Gasteiger partial charge on any atom is -0.474 e. The lowest BCUT2D eigenvalue weighted by atomic mass is 9.78. The Morgan fingerprint density at radius 1 is 0.957 bits per heavy atom. The van der Waals surface area contributed by atoms with E-state index in [1.807, 2.05) is 24.3 Å². The van der Waals surface area contributed by atoms with E-state index < -0.39 is 0 Å². The zero-order chi connectivity index (χ0) is 15.6. The number of fused-ring (bicyclic) bond motifs is 1. The van der Waals surface area contributed by atoms with E-state index in [4.69, 9.17) is 21.3 Å². The Kier molecular flexibility index (Phi) is 4.09. The first-order valence-corrected chi connectivity index (χ1v) is 8.74. The first-order valence-electron chi connectivity index (χ1n) is 8.36. The number of benzene rings is 2. The highest BCUT2D eigenvalue weighted by Crippen LogP contribution is 2.42. The van der Waals surface area contributed by atoms with Gasteiger partial charge in [0.05, 0.1) is 6.04 Å². The molecule has 4 rings (SSSR count). The quantitative estimate of drug-likeness (QED) is 0.722. The highest BCUT2D eigenvalue weighted by molar-refractivity contribution is 6.30. The van der Waals surface area contributed by atoms with Crippen LogP contribution in [0.25, 0.3) is 0 Å². The van der Waals surface area contributed by atoms with E-state index in [1.165, 1.54) is 24.8 Å². The van der Waals surface area contributed by atoms with Gasteiger partial charge in [-0.05, 0) is 43.0 Å². The third-order valence-electron chi connectivity index (χ3n) is 4.89. The Bertz CT molecular complexity index is 713. The van der Waals surface area contributed by atoms with Crippen molar-refractivity contribution in [3.8, 4) is 0 Å². The molecule has 2 nitrogen and oxygen atoms in total. The molecule has 1 aliphatic heterocycles. The minimum absolute atomic E-state index is 0.184. The molecule has 0 saturated heterocycles. The van der Waals surface area contributed by atoms with Crippen LogP contribution in [0.4, 0.5) is 0 Å². The molecule has 2 aromatic carbocycles. The molecule has 1 fully saturated rings. The number of nitrogens with zero attached hydrogens (tertiary/aromatic N) is 1. The molecule has 0 bridgehead atoms. The van der Waals surface area contributed by atoms with Crippen LogP contribution >= 0.6 is 11.6 Å². The smallest absolute Gasteiger partial charge is 0.217 e. The molecule has 118 valence electrons. The highest BCUT2D eigenvalue weighted by atomic mass is 35.5. The van der Waals surface area contributed by atoms with Crippen LogP contribution in [0.3, 0.4) is 0 Å². The van der Waals surface area contributed by atoms with Crippen LogP contribution in [-0.2, 0) is 4.74 Å². The second kappa shape index (κ2) is 6.37. The van der Waals surface area contributed by atoms with E-state index in [0.717, 1.165) is 22.9 Å². The number of hydrogen-bond donors (Lipinski definition) is 0. The Labute approximate surface area is 142 Å². The summed E-state index contributed by atoms with van der Waals surface area (Å²) >= 11 is 6.14. The van der Waals surface area contributed by atoms with Crippen LogP contribution in [0.2, 0.25) is 5.02 Å². The zero-order valence-electron chi connectivity index (χ0n) is 13.0. The maximum atomic E-state index is 6.27. The van der Waals surface area contributed by atoms with Crippen molar-refractivity contribution in [3.05, 3.63) is 70.7 Å². The molecule has 1 heterocycles. The third-order valence-corrected chi connectivity index (χ3v) is 5.13. The van der Waals surface area contributed by atoms with Gasteiger partial charge in [-0.2, -0.15) is 0 Å². The summed E-state index contributed by atoms with van der Waals surface area (Å²) in [5.74, 6) is 1.22. The maximum absolute atomic E-state index is 6.27. The summed E-state index contributed by atoms with van der Waals surface area (Å²) in [4.78, 5) is 4.98. The van der Waals surface area contributed by atoms with Gasteiger partial charge in [0.1, 0.15) is 6.10 Å². The standard InChI is InChI=1S/C20H20ClNO/c21-16-10-6-9-15(13-16)20-22-19(14-7-2-1-3-8-14)17-11-4-5-12-18(17)23-20/h1-3,6-10,13,17-19H,4-5,11-12H2/t17-,18+,19+/m0/s1. The average Bonchev–Trinajstić information content (AvgIpc) is 2.61. The third kappa shape index (κ3) is 3.00. The van der Waals surface area contributed by atoms with Crippen LogP contribution in [0.1, 0.15) is 42.9 Å². The van der Waals surface area contributed by atoms with Gasteiger partial charge in [0.2, 0.25) is 5.90 Å². The number of rotatable bonds is 2. The van der Waals surface area contributed by atoms with E-state index >= 15 is 0 Å². The van der Waals surface area contributed by atoms with Gasteiger partial charge in [-0.1, -0.05) is 54.4 Å². The predicted molar refractivity (Wildman–Crippen MR) is 94.0 cm³/mol. The molecule has 0 N–H and O–H groups in total. The molecule has 3 atom stereocenters. The number of ether oxygens (including phenoxy) is 1. The topological polar surface area (TPSA) is 21.6 Å².